The number of fused-ring (bicyclic) bond motifs is 2. The lowest BCUT2D eigenvalue weighted by molar-refractivity contribution is -0.991. The molecule has 0 saturated carbocycles. The Morgan fingerprint density at radius 1 is 1.15 bits per heavy atom. The summed E-state index contributed by atoms with van der Waals surface area (Å²) < 4.78 is 33.8. The summed E-state index contributed by atoms with van der Waals surface area (Å²) in [7, 11) is -4.03. The fourth-order valence-corrected chi connectivity index (χ4v) is 4.93. The minimum Gasteiger partial charge on any atom is -0.595 e. The molecule has 1 heterocycles. The normalized spacial score (nSPS) is 13.8. The first-order chi connectivity index (χ1) is 15.8. The van der Waals surface area contributed by atoms with Crippen LogP contribution in [0.5, 0.6) is 0 Å². The van der Waals surface area contributed by atoms with Crippen LogP contribution in [0.15, 0.2) is 71.8 Å². The quantitative estimate of drug-likeness (QED) is 0.231. The summed E-state index contributed by atoms with van der Waals surface area (Å²) in [4.78, 5) is 15.7. The van der Waals surface area contributed by atoms with Gasteiger partial charge in [0.1, 0.15) is 6.04 Å². The molecule has 9 nitrogen and oxygen atoms in total. The smallest absolute Gasteiger partial charge is 0.324 e. The monoisotopic (exact) mass is 469 g/mol. The molecule has 4 N–H and O–H groups in total. The first-order valence-electron chi connectivity index (χ1n) is 10.3. The van der Waals surface area contributed by atoms with E-state index in [2.05, 4.69) is 9.71 Å². The number of benzene rings is 3. The van der Waals surface area contributed by atoms with Crippen molar-refractivity contribution in [2.24, 2.45) is 0 Å². The molecular weight excluding hydrogens is 446 g/mol. The van der Waals surface area contributed by atoms with Gasteiger partial charge in [0.2, 0.25) is 10.0 Å². The van der Waals surface area contributed by atoms with Gasteiger partial charge in [0.25, 0.3) is 0 Å². The number of ether oxygens (including phenoxy) is 1. The predicted octanol–water partition coefficient (Wildman–Crippen LogP) is 2.18. The lowest BCUT2D eigenvalue weighted by Crippen LogP contribution is -2.99. The summed E-state index contributed by atoms with van der Waals surface area (Å²) in [6, 6.07) is 15.5. The van der Waals surface area contributed by atoms with Gasteiger partial charge in [-0.05, 0) is 41.5 Å². The van der Waals surface area contributed by atoms with E-state index in [1.165, 1.54) is 18.2 Å². The van der Waals surface area contributed by atoms with Crippen LogP contribution in [0.4, 0.5) is 5.69 Å². The second-order valence-electron chi connectivity index (χ2n) is 7.52. The van der Waals surface area contributed by atoms with E-state index in [9.17, 15) is 23.6 Å². The zero-order valence-electron chi connectivity index (χ0n) is 17.7. The maximum Gasteiger partial charge on any atom is 0.324 e. The van der Waals surface area contributed by atoms with Crippen LogP contribution in [0, 0.1) is 5.21 Å². The molecule has 0 spiro atoms. The number of hydrogen-bond donors (Lipinski definition) is 4. The number of carbonyl (C=O) groups excluding carboxylic acids is 1. The van der Waals surface area contributed by atoms with Gasteiger partial charge in [0, 0.05) is 30.1 Å². The second-order valence-corrected chi connectivity index (χ2v) is 9.23. The van der Waals surface area contributed by atoms with Crippen molar-refractivity contribution in [3.05, 3.63) is 77.6 Å². The number of esters is 1. The molecule has 33 heavy (non-hydrogen) atoms. The molecular formula is C23H23N3O6S. The molecule has 0 saturated heterocycles. The number of hydrogen-bond acceptors (Lipinski definition) is 6. The summed E-state index contributed by atoms with van der Waals surface area (Å²) in [6.45, 7) is 1.74. The highest BCUT2D eigenvalue weighted by atomic mass is 32.2. The molecule has 2 unspecified atom stereocenters. The van der Waals surface area contributed by atoms with Gasteiger partial charge in [-0.15, -0.1) is 0 Å². The standard InChI is InChI=1S/C23H23N3O6S/c1-2-32-23(27)22(12-17-14-24-21-13-18(26(28)29)8-10-20(17)21)25-33(30,31)19-9-7-15-5-3-4-6-16(15)11-19/h3-11,13-14,22,24-26,28H,2,12H2,1H3. The molecule has 1 aromatic heterocycles. The fourth-order valence-electron chi connectivity index (χ4n) is 3.71. The summed E-state index contributed by atoms with van der Waals surface area (Å²) in [6.07, 6.45) is 1.66. The molecule has 0 bridgehead atoms. The highest BCUT2D eigenvalue weighted by Crippen LogP contribution is 2.23. The maximum absolute atomic E-state index is 13.1. The molecule has 2 atom stereocenters. The lowest BCUT2D eigenvalue weighted by atomic mass is 10.1. The van der Waals surface area contributed by atoms with E-state index in [0.29, 0.717) is 16.5 Å². The molecule has 0 fully saturated rings. The minimum atomic E-state index is -4.03. The van der Waals surface area contributed by atoms with Crippen molar-refractivity contribution in [2.75, 3.05) is 6.61 Å². The van der Waals surface area contributed by atoms with Crippen molar-refractivity contribution in [2.45, 2.75) is 24.3 Å². The number of nitrogens with one attached hydrogen (secondary N) is 3. The van der Waals surface area contributed by atoms with Crippen LogP contribution in [0.2, 0.25) is 0 Å². The molecule has 10 heteroatoms. The lowest BCUT2D eigenvalue weighted by Gasteiger charge is -2.17. The van der Waals surface area contributed by atoms with Crippen molar-refractivity contribution in [3.8, 4) is 0 Å². The Labute approximate surface area is 190 Å². The highest BCUT2D eigenvalue weighted by molar-refractivity contribution is 7.89. The highest BCUT2D eigenvalue weighted by Gasteiger charge is 2.28. The molecule has 3 aromatic carbocycles. The Morgan fingerprint density at radius 3 is 2.64 bits per heavy atom. The molecule has 4 aromatic rings. The van der Waals surface area contributed by atoms with E-state index in [-0.39, 0.29) is 23.6 Å². The Kier molecular flexibility index (Phi) is 6.45. The Morgan fingerprint density at radius 2 is 1.91 bits per heavy atom. The average Bonchev–Trinajstić information content (AvgIpc) is 3.20. The van der Waals surface area contributed by atoms with Gasteiger partial charge < -0.3 is 14.9 Å². The third-order valence-electron chi connectivity index (χ3n) is 5.34. The van der Waals surface area contributed by atoms with Gasteiger partial charge in [-0.3, -0.25) is 4.79 Å². The topological polar surface area (TPSA) is 136 Å². The molecule has 0 aliphatic heterocycles. The Bertz CT molecular complexity index is 1410. The Hall–Kier alpha value is -3.28. The fraction of sp³-hybridized carbons (Fsp3) is 0.174. The Balaban J connectivity index is 1.64. The van der Waals surface area contributed by atoms with Crippen LogP contribution in [-0.4, -0.2) is 37.2 Å². The predicted molar refractivity (Wildman–Crippen MR) is 122 cm³/mol. The van der Waals surface area contributed by atoms with Crippen molar-refractivity contribution in [1.82, 2.24) is 9.71 Å². The minimum absolute atomic E-state index is 0.0259. The SMILES string of the molecule is CCOC(=O)C(Cc1c[nH]c2cc([NH+]([O-])O)ccc12)NS(=O)(=O)c1ccc2ccccc2c1. The van der Waals surface area contributed by atoms with Crippen LogP contribution in [0.3, 0.4) is 0 Å². The number of aromatic nitrogens is 1. The zero-order chi connectivity index (χ0) is 23.6. The first-order valence-corrected chi connectivity index (χ1v) is 11.8. The van der Waals surface area contributed by atoms with Crippen molar-refractivity contribution < 1.29 is 28.4 Å². The van der Waals surface area contributed by atoms with Crippen LogP contribution in [0.1, 0.15) is 12.5 Å². The van der Waals surface area contributed by atoms with Crippen molar-refractivity contribution >= 4 is 43.4 Å². The van der Waals surface area contributed by atoms with Crippen LogP contribution in [0.25, 0.3) is 21.7 Å². The zero-order valence-corrected chi connectivity index (χ0v) is 18.6. The van der Waals surface area contributed by atoms with Crippen LogP contribution in [-0.2, 0) is 26.0 Å². The number of H-pyrrole nitrogens is 1. The van der Waals surface area contributed by atoms with E-state index in [0.717, 1.165) is 10.8 Å². The molecule has 0 radical (unpaired) electrons. The van der Waals surface area contributed by atoms with Crippen molar-refractivity contribution in [1.29, 1.82) is 0 Å². The number of quaternary nitrogens is 1. The van der Waals surface area contributed by atoms with Crippen LogP contribution < -0.4 is 9.95 Å². The molecule has 0 aliphatic rings. The summed E-state index contributed by atoms with van der Waals surface area (Å²) >= 11 is 0. The van der Waals surface area contributed by atoms with Crippen LogP contribution >= 0.6 is 0 Å². The van der Waals surface area contributed by atoms with E-state index in [4.69, 9.17) is 4.74 Å². The summed E-state index contributed by atoms with van der Waals surface area (Å²) in [5.74, 6) is -0.696. The van der Waals surface area contributed by atoms with Gasteiger partial charge in [-0.2, -0.15) is 9.95 Å². The van der Waals surface area contributed by atoms with Gasteiger partial charge in [0.05, 0.1) is 17.0 Å². The van der Waals surface area contributed by atoms with Gasteiger partial charge in [-0.25, -0.2) is 13.6 Å². The molecule has 172 valence electrons. The third-order valence-corrected chi connectivity index (χ3v) is 6.81. The maximum atomic E-state index is 13.1. The van der Waals surface area contributed by atoms with E-state index in [1.807, 2.05) is 24.3 Å². The molecule has 4 rings (SSSR count). The second kappa shape index (κ2) is 9.30. The molecule has 0 amide bonds. The summed E-state index contributed by atoms with van der Waals surface area (Å²) in [5, 5.41) is 21.7. The largest absolute Gasteiger partial charge is 0.595 e. The van der Waals surface area contributed by atoms with E-state index >= 15 is 0 Å². The van der Waals surface area contributed by atoms with Gasteiger partial charge in [0.15, 0.2) is 5.69 Å². The van der Waals surface area contributed by atoms with Gasteiger partial charge in [-0.1, -0.05) is 30.3 Å². The average molecular weight is 470 g/mol. The van der Waals surface area contributed by atoms with E-state index < -0.39 is 27.3 Å². The van der Waals surface area contributed by atoms with Gasteiger partial charge >= 0.3 is 5.97 Å². The third kappa shape index (κ3) is 4.90. The van der Waals surface area contributed by atoms with Crippen molar-refractivity contribution in [3.63, 3.8) is 0 Å². The number of sulfonamides is 1. The van der Waals surface area contributed by atoms with E-state index in [1.54, 1.807) is 31.3 Å². The first kappa shape index (κ1) is 22.9. The number of aromatic amines is 1. The number of carbonyl (C=O) groups is 1. The summed E-state index contributed by atoms with van der Waals surface area (Å²) in [5.41, 5.74) is 1.35. The number of rotatable bonds is 8. The molecule has 0 aliphatic carbocycles.